The van der Waals surface area contributed by atoms with Crippen molar-refractivity contribution in [3.63, 3.8) is 0 Å². The Kier molecular flexibility index (Phi) is 9.25. The summed E-state index contributed by atoms with van der Waals surface area (Å²) in [4.78, 5) is 0. The normalized spacial score (nSPS) is 18.0. The van der Waals surface area contributed by atoms with E-state index in [1.165, 1.54) is 0 Å². The molecule has 2 unspecified atom stereocenters. The molecular weight excluding hydrogens is 500 g/mol. The van der Waals surface area contributed by atoms with Crippen molar-refractivity contribution in [3.8, 4) is 11.5 Å². The molecule has 1 aliphatic rings. The van der Waals surface area contributed by atoms with Crippen LogP contribution in [0.5, 0.6) is 11.5 Å². The predicted octanol–water partition coefficient (Wildman–Crippen LogP) is 7.58. The molecule has 2 atom stereocenters. The van der Waals surface area contributed by atoms with Crippen LogP contribution in [-0.4, -0.2) is 16.1 Å². The highest BCUT2D eigenvalue weighted by Gasteiger charge is 2.33. The summed E-state index contributed by atoms with van der Waals surface area (Å²) < 4.78 is 11.8. The van der Waals surface area contributed by atoms with Gasteiger partial charge in [0.1, 0.15) is 24.7 Å². The standard InChI is InChI=1S/C34H34N2O4/c37-35-33(28-16-20-31(21-17-28)40-24-27-10-5-2-6-11-27)32-13-7-12-29(34(32)36-38)22-25-14-18-30(19-15-25)39-23-26-8-3-1-4-9-26/h1-6,8-11,14-22,32-33,35,37-38H,7,12-13,23-24H2/b29-22+,36-34+. The number of nitrogens with zero attached hydrogens (tertiary/aromatic N) is 1. The Balaban J connectivity index is 1.25. The number of oxime groups is 1. The van der Waals surface area contributed by atoms with Gasteiger partial charge in [-0.3, -0.25) is 0 Å². The average molecular weight is 535 g/mol. The minimum Gasteiger partial charge on any atom is -0.489 e. The third-order valence-electron chi connectivity index (χ3n) is 7.25. The minimum atomic E-state index is -0.425. The number of ether oxygens (including phenoxy) is 2. The summed E-state index contributed by atoms with van der Waals surface area (Å²) >= 11 is 0. The maximum absolute atomic E-state index is 10.2. The van der Waals surface area contributed by atoms with Crippen molar-refractivity contribution in [1.29, 1.82) is 0 Å². The Morgan fingerprint density at radius 3 is 1.85 bits per heavy atom. The summed E-state index contributed by atoms with van der Waals surface area (Å²) in [6, 6.07) is 35.2. The zero-order chi connectivity index (χ0) is 27.6. The van der Waals surface area contributed by atoms with Crippen LogP contribution in [0.15, 0.2) is 120 Å². The Morgan fingerprint density at radius 1 is 0.775 bits per heavy atom. The first-order valence-electron chi connectivity index (χ1n) is 13.6. The molecule has 40 heavy (non-hydrogen) atoms. The van der Waals surface area contributed by atoms with Gasteiger partial charge in [-0.2, -0.15) is 5.48 Å². The Morgan fingerprint density at radius 2 is 1.32 bits per heavy atom. The van der Waals surface area contributed by atoms with Gasteiger partial charge in [-0.05, 0) is 77.4 Å². The van der Waals surface area contributed by atoms with Crippen LogP contribution in [0.1, 0.15) is 47.6 Å². The number of allylic oxidation sites excluding steroid dienone is 1. The Labute approximate surface area is 235 Å². The van der Waals surface area contributed by atoms with Crippen LogP contribution < -0.4 is 15.0 Å². The topological polar surface area (TPSA) is 83.3 Å². The Hall–Kier alpha value is -4.39. The van der Waals surface area contributed by atoms with Gasteiger partial charge in [0.05, 0.1) is 11.8 Å². The van der Waals surface area contributed by atoms with Gasteiger partial charge in [0.2, 0.25) is 0 Å². The molecule has 3 N–H and O–H groups in total. The van der Waals surface area contributed by atoms with Crippen molar-refractivity contribution >= 4 is 11.8 Å². The zero-order valence-electron chi connectivity index (χ0n) is 22.3. The van der Waals surface area contributed by atoms with Crippen LogP contribution in [0.3, 0.4) is 0 Å². The van der Waals surface area contributed by atoms with Gasteiger partial charge in [0.25, 0.3) is 0 Å². The first-order chi connectivity index (χ1) is 19.7. The molecule has 1 aliphatic carbocycles. The molecule has 6 nitrogen and oxygen atoms in total. The van der Waals surface area contributed by atoms with Crippen LogP contribution in [0, 0.1) is 5.92 Å². The highest BCUT2D eigenvalue weighted by atomic mass is 16.5. The van der Waals surface area contributed by atoms with Crippen molar-refractivity contribution in [2.45, 2.75) is 38.5 Å². The molecule has 0 spiro atoms. The first kappa shape index (κ1) is 27.2. The Bertz CT molecular complexity index is 1400. The third-order valence-corrected chi connectivity index (χ3v) is 7.25. The maximum atomic E-state index is 10.2. The molecule has 0 aromatic heterocycles. The van der Waals surface area contributed by atoms with E-state index in [2.05, 4.69) is 16.7 Å². The van der Waals surface area contributed by atoms with Crippen LogP contribution in [0.4, 0.5) is 0 Å². The molecule has 0 aliphatic heterocycles. The molecule has 6 heteroatoms. The first-order valence-corrected chi connectivity index (χ1v) is 13.6. The van der Waals surface area contributed by atoms with Gasteiger partial charge in [-0.15, -0.1) is 0 Å². The molecule has 0 radical (unpaired) electrons. The molecule has 0 saturated heterocycles. The number of hydrogen-bond donors (Lipinski definition) is 3. The lowest BCUT2D eigenvalue weighted by atomic mass is 9.77. The summed E-state index contributed by atoms with van der Waals surface area (Å²) in [5, 5.41) is 23.9. The number of hydroxylamine groups is 1. The predicted molar refractivity (Wildman–Crippen MR) is 157 cm³/mol. The molecule has 0 amide bonds. The lowest BCUT2D eigenvalue weighted by molar-refractivity contribution is 0.106. The monoisotopic (exact) mass is 534 g/mol. The summed E-state index contributed by atoms with van der Waals surface area (Å²) in [6.45, 7) is 1.00. The van der Waals surface area contributed by atoms with Crippen LogP contribution in [-0.2, 0) is 13.2 Å². The second-order valence-corrected chi connectivity index (χ2v) is 9.95. The molecule has 4 aromatic rings. The van der Waals surface area contributed by atoms with E-state index < -0.39 is 6.04 Å². The van der Waals surface area contributed by atoms with E-state index in [1.54, 1.807) is 0 Å². The van der Waals surface area contributed by atoms with E-state index >= 15 is 0 Å². The molecule has 5 rings (SSSR count). The van der Waals surface area contributed by atoms with Gasteiger partial charge >= 0.3 is 0 Å². The number of rotatable bonds is 10. The van der Waals surface area contributed by atoms with Crippen LogP contribution in [0.25, 0.3) is 6.08 Å². The van der Waals surface area contributed by atoms with Gasteiger partial charge in [-0.1, -0.05) is 90.1 Å². The van der Waals surface area contributed by atoms with Gasteiger partial charge < -0.3 is 19.9 Å². The number of nitrogens with one attached hydrogen (secondary N) is 1. The van der Waals surface area contributed by atoms with Crippen molar-refractivity contribution < 1.29 is 19.9 Å². The second kappa shape index (κ2) is 13.6. The lowest BCUT2D eigenvalue weighted by Gasteiger charge is -2.32. The van der Waals surface area contributed by atoms with Crippen molar-refractivity contribution in [2.75, 3.05) is 0 Å². The lowest BCUT2D eigenvalue weighted by Crippen LogP contribution is -2.34. The van der Waals surface area contributed by atoms with Crippen LogP contribution in [0.2, 0.25) is 0 Å². The average Bonchev–Trinajstić information content (AvgIpc) is 3.02. The van der Waals surface area contributed by atoms with Crippen molar-refractivity contribution in [2.24, 2.45) is 11.1 Å². The highest BCUT2D eigenvalue weighted by molar-refractivity contribution is 6.06. The van der Waals surface area contributed by atoms with Crippen LogP contribution >= 0.6 is 0 Å². The number of hydrogen-bond acceptors (Lipinski definition) is 6. The van der Waals surface area contributed by atoms with Gasteiger partial charge in [0.15, 0.2) is 0 Å². The summed E-state index contributed by atoms with van der Waals surface area (Å²) in [6.07, 6.45) is 4.56. The molecule has 204 valence electrons. The molecule has 4 aromatic carbocycles. The summed E-state index contributed by atoms with van der Waals surface area (Å²) in [5.74, 6) is 1.35. The second-order valence-electron chi connectivity index (χ2n) is 9.95. The third kappa shape index (κ3) is 6.97. The molecular formula is C34H34N2O4. The van der Waals surface area contributed by atoms with Gasteiger partial charge in [0, 0.05) is 5.92 Å². The molecule has 0 heterocycles. The fourth-order valence-electron chi connectivity index (χ4n) is 5.14. The fraction of sp³-hybridized carbons (Fsp3) is 0.206. The number of benzene rings is 4. The van der Waals surface area contributed by atoms with E-state index in [-0.39, 0.29) is 5.92 Å². The maximum Gasteiger partial charge on any atom is 0.119 e. The minimum absolute atomic E-state index is 0.195. The van der Waals surface area contributed by atoms with Gasteiger partial charge in [-0.25, -0.2) is 0 Å². The van der Waals surface area contributed by atoms with E-state index in [9.17, 15) is 10.4 Å². The van der Waals surface area contributed by atoms with E-state index in [0.29, 0.717) is 18.9 Å². The molecule has 1 fully saturated rings. The molecule has 0 bridgehead atoms. The summed E-state index contributed by atoms with van der Waals surface area (Å²) in [7, 11) is 0. The van der Waals surface area contributed by atoms with E-state index in [1.807, 2.05) is 109 Å². The van der Waals surface area contributed by atoms with Crippen molar-refractivity contribution in [1.82, 2.24) is 5.48 Å². The fourth-order valence-corrected chi connectivity index (χ4v) is 5.14. The van der Waals surface area contributed by atoms with E-state index in [4.69, 9.17) is 9.47 Å². The summed E-state index contributed by atoms with van der Waals surface area (Å²) in [5.41, 5.74) is 8.12. The SMILES string of the molecule is O/N=C1\C(=C\c2ccc(OCc3ccccc3)cc2)CCCC1C(NO)c1ccc(OCc2ccccc2)cc1. The quantitative estimate of drug-likeness (QED) is 0.144. The smallest absolute Gasteiger partial charge is 0.119 e. The van der Waals surface area contributed by atoms with Crippen molar-refractivity contribution in [3.05, 3.63) is 137 Å². The largest absolute Gasteiger partial charge is 0.489 e. The zero-order valence-corrected chi connectivity index (χ0v) is 22.3. The van der Waals surface area contributed by atoms with E-state index in [0.717, 1.165) is 58.6 Å². The highest BCUT2D eigenvalue weighted by Crippen LogP contribution is 2.36. The molecule has 1 saturated carbocycles.